The highest BCUT2D eigenvalue weighted by Gasteiger charge is 2.20. The van der Waals surface area contributed by atoms with Crippen LogP contribution in [0.25, 0.3) is 6.08 Å². The highest BCUT2D eigenvalue weighted by atomic mass is 16.5. The number of rotatable bonds is 8. The van der Waals surface area contributed by atoms with Gasteiger partial charge in [0, 0.05) is 25.4 Å². The third kappa shape index (κ3) is 5.74. The van der Waals surface area contributed by atoms with E-state index in [2.05, 4.69) is 10.3 Å². The zero-order chi connectivity index (χ0) is 15.1. The number of carbonyl (C=O) groups is 2. The number of ether oxygens (including phenoxy) is 1. The van der Waals surface area contributed by atoms with Crippen molar-refractivity contribution < 1.29 is 19.4 Å². The van der Waals surface area contributed by atoms with Gasteiger partial charge in [-0.1, -0.05) is 6.07 Å². The molecule has 0 atom stereocenters. The number of aromatic nitrogens is 1. The van der Waals surface area contributed by atoms with Gasteiger partial charge in [-0.15, -0.1) is 0 Å². The Labute approximate surface area is 122 Å². The fraction of sp³-hybridized carbons (Fsp3) is 0.400. The van der Waals surface area contributed by atoms with E-state index in [-0.39, 0.29) is 5.91 Å². The number of carboxylic acid groups (broad SMARTS) is 1. The lowest BCUT2D eigenvalue weighted by Gasteiger charge is -2.05. The highest BCUT2D eigenvalue weighted by molar-refractivity contribution is 5.92. The third-order valence-corrected chi connectivity index (χ3v) is 3.02. The minimum absolute atomic E-state index is 0.265. The summed E-state index contributed by atoms with van der Waals surface area (Å²) in [4.78, 5) is 26.2. The Kier molecular flexibility index (Phi) is 5.45. The van der Waals surface area contributed by atoms with Crippen LogP contribution >= 0.6 is 0 Å². The van der Waals surface area contributed by atoms with Gasteiger partial charge in [0.15, 0.2) is 0 Å². The molecule has 2 rings (SSSR count). The number of nitrogens with zero attached hydrogens (tertiary/aromatic N) is 1. The first kappa shape index (κ1) is 15.2. The molecular formula is C15H18N2O4. The quantitative estimate of drug-likeness (QED) is 0.557. The maximum Gasteiger partial charge on any atom is 0.328 e. The first-order valence-corrected chi connectivity index (χ1v) is 6.88. The van der Waals surface area contributed by atoms with Crippen LogP contribution in [0.15, 0.2) is 24.4 Å². The summed E-state index contributed by atoms with van der Waals surface area (Å²) in [6, 6.07) is 3.20. The maximum absolute atomic E-state index is 11.8. The molecule has 1 saturated carbocycles. The average molecular weight is 290 g/mol. The second-order valence-electron chi connectivity index (χ2n) is 4.92. The highest BCUT2D eigenvalue weighted by Crippen LogP contribution is 2.28. The molecule has 1 aromatic rings. The Morgan fingerprint density at radius 3 is 2.86 bits per heavy atom. The number of hydrogen-bond donors (Lipinski definition) is 2. The minimum atomic E-state index is -1.02. The van der Waals surface area contributed by atoms with E-state index in [1.165, 1.54) is 25.1 Å². The number of aliphatic carboxylic acids is 1. The Balaban J connectivity index is 1.72. The van der Waals surface area contributed by atoms with E-state index >= 15 is 0 Å². The van der Waals surface area contributed by atoms with Gasteiger partial charge in [0.25, 0.3) is 5.91 Å². The standard InChI is InChI=1S/C15H18N2O4/c18-14(19)6-4-11-3-5-13(17-9-11)15(20)16-7-8-21-10-12-1-2-12/h3-6,9,12H,1-2,7-8,10H2,(H,16,20)(H,18,19)/b6-4+. The van der Waals surface area contributed by atoms with Crippen LogP contribution in [0.3, 0.4) is 0 Å². The lowest BCUT2D eigenvalue weighted by Crippen LogP contribution is -2.28. The molecule has 0 aromatic carbocycles. The van der Waals surface area contributed by atoms with E-state index in [1.54, 1.807) is 12.1 Å². The summed E-state index contributed by atoms with van der Waals surface area (Å²) in [5, 5.41) is 11.2. The molecule has 0 bridgehead atoms. The molecule has 1 heterocycles. The molecule has 1 aliphatic rings. The van der Waals surface area contributed by atoms with Crippen LogP contribution in [-0.4, -0.2) is 41.7 Å². The molecule has 1 aliphatic carbocycles. The van der Waals surface area contributed by atoms with Gasteiger partial charge in [-0.05, 0) is 36.5 Å². The molecule has 1 amide bonds. The Bertz CT molecular complexity index is 521. The van der Waals surface area contributed by atoms with E-state index in [1.807, 2.05) is 0 Å². The number of pyridine rings is 1. The minimum Gasteiger partial charge on any atom is -0.478 e. The maximum atomic E-state index is 11.8. The Hall–Kier alpha value is -2.21. The molecule has 1 aromatic heterocycles. The number of hydrogen-bond acceptors (Lipinski definition) is 4. The van der Waals surface area contributed by atoms with Crippen molar-refractivity contribution in [3.05, 3.63) is 35.7 Å². The van der Waals surface area contributed by atoms with E-state index in [9.17, 15) is 9.59 Å². The Morgan fingerprint density at radius 1 is 1.43 bits per heavy atom. The molecule has 6 heteroatoms. The lowest BCUT2D eigenvalue weighted by atomic mass is 10.2. The molecule has 1 fully saturated rings. The summed E-state index contributed by atoms with van der Waals surface area (Å²) in [7, 11) is 0. The second-order valence-corrected chi connectivity index (χ2v) is 4.92. The molecule has 0 unspecified atom stereocenters. The molecule has 2 N–H and O–H groups in total. The fourth-order valence-corrected chi connectivity index (χ4v) is 1.67. The van der Waals surface area contributed by atoms with Gasteiger partial charge in [-0.2, -0.15) is 0 Å². The fourth-order valence-electron chi connectivity index (χ4n) is 1.67. The van der Waals surface area contributed by atoms with E-state index in [4.69, 9.17) is 9.84 Å². The summed E-state index contributed by atoms with van der Waals surface area (Å²) in [6.07, 6.45) is 6.40. The monoisotopic (exact) mass is 290 g/mol. The predicted molar refractivity (Wildman–Crippen MR) is 76.8 cm³/mol. The van der Waals surface area contributed by atoms with Crippen LogP contribution in [0, 0.1) is 5.92 Å². The van der Waals surface area contributed by atoms with E-state index in [0.29, 0.717) is 30.3 Å². The molecule has 112 valence electrons. The summed E-state index contributed by atoms with van der Waals surface area (Å²) in [6.45, 7) is 1.73. The number of nitrogens with one attached hydrogen (secondary N) is 1. The second kappa shape index (κ2) is 7.54. The summed E-state index contributed by atoms with van der Waals surface area (Å²) < 4.78 is 5.42. The van der Waals surface area contributed by atoms with Crippen LogP contribution in [0.1, 0.15) is 28.9 Å². The molecule has 21 heavy (non-hydrogen) atoms. The molecule has 0 radical (unpaired) electrons. The first-order valence-electron chi connectivity index (χ1n) is 6.88. The normalized spacial score (nSPS) is 14.3. The van der Waals surface area contributed by atoms with Crippen LogP contribution in [0.2, 0.25) is 0 Å². The third-order valence-electron chi connectivity index (χ3n) is 3.02. The average Bonchev–Trinajstić information content (AvgIpc) is 3.29. The van der Waals surface area contributed by atoms with Gasteiger partial charge in [0.05, 0.1) is 6.61 Å². The van der Waals surface area contributed by atoms with Crippen molar-refractivity contribution >= 4 is 18.0 Å². The number of amides is 1. The lowest BCUT2D eigenvalue weighted by molar-refractivity contribution is -0.131. The van der Waals surface area contributed by atoms with Crippen molar-refractivity contribution in [1.29, 1.82) is 0 Å². The molecule has 0 spiro atoms. The summed E-state index contributed by atoms with van der Waals surface area (Å²) in [5.74, 6) is -0.574. The summed E-state index contributed by atoms with van der Waals surface area (Å²) in [5.41, 5.74) is 0.923. The van der Waals surface area contributed by atoms with Crippen LogP contribution in [-0.2, 0) is 9.53 Å². The van der Waals surface area contributed by atoms with Gasteiger partial charge >= 0.3 is 5.97 Å². The Morgan fingerprint density at radius 2 is 2.24 bits per heavy atom. The molecule has 0 saturated heterocycles. The largest absolute Gasteiger partial charge is 0.478 e. The van der Waals surface area contributed by atoms with Crippen LogP contribution < -0.4 is 5.32 Å². The molecule has 0 aliphatic heterocycles. The van der Waals surface area contributed by atoms with Gasteiger partial charge in [0.2, 0.25) is 0 Å². The van der Waals surface area contributed by atoms with E-state index in [0.717, 1.165) is 12.7 Å². The predicted octanol–water partition coefficient (Wildman–Crippen LogP) is 1.34. The number of carboxylic acids is 1. The van der Waals surface area contributed by atoms with Crippen molar-refractivity contribution in [2.24, 2.45) is 5.92 Å². The van der Waals surface area contributed by atoms with Crippen molar-refractivity contribution in [2.75, 3.05) is 19.8 Å². The van der Waals surface area contributed by atoms with Crippen molar-refractivity contribution in [1.82, 2.24) is 10.3 Å². The summed E-state index contributed by atoms with van der Waals surface area (Å²) >= 11 is 0. The zero-order valence-corrected chi connectivity index (χ0v) is 11.6. The van der Waals surface area contributed by atoms with Crippen LogP contribution in [0.4, 0.5) is 0 Å². The molecular weight excluding hydrogens is 272 g/mol. The van der Waals surface area contributed by atoms with Crippen molar-refractivity contribution in [3.63, 3.8) is 0 Å². The SMILES string of the molecule is O=C(O)/C=C/c1ccc(C(=O)NCCOCC2CC2)nc1. The smallest absolute Gasteiger partial charge is 0.328 e. The van der Waals surface area contributed by atoms with E-state index < -0.39 is 5.97 Å². The zero-order valence-electron chi connectivity index (χ0n) is 11.6. The van der Waals surface area contributed by atoms with Crippen molar-refractivity contribution in [2.45, 2.75) is 12.8 Å². The van der Waals surface area contributed by atoms with Crippen molar-refractivity contribution in [3.8, 4) is 0 Å². The topological polar surface area (TPSA) is 88.5 Å². The van der Waals surface area contributed by atoms with Gasteiger partial charge in [-0.3, -0.25) is 9.78 Å². The van der Waals surface area contributed by atoms with Gasteiger partial charge < -0.3 is 15.2 Å². The van der Waals surface area contributed by atoms with Crippen LogP contribution in [0.5, 0.6) is 0 Å². The molecule has 6 nitrogen and oxygen atoms in total. The van der Waals surface area contributed by atoms with Gasteiger partial charge in [0.1, 0.15) is 5.69 Å². The van der Waals surface area contributed by atoms with Gasteiger partial charge in [-0.25, -0.2) is 4.79 Å². The number of carbonyl (C=O) groups excluding carboxylic acids is 1. The first-order chi connectivity index (χ1) is 10.1.